The molecule has 1 unspecified atom stereocenters. The molecule has 104 valence electrons. The smallest absolute Gasteiger partial charge is 0.309 e. The van der Waals surface area contributed by atoms with E-state index in [0.29, 0.717) is 6.54 Å². The van der Waals surface area contributed by atoms with Gasteiger partial charge in [-0.15, -0.1) is 0 Å². The van der Waals surface area contributed by atoms with Crippen LogP contribution in [0, 0.1) is 0 Å². The fraction of sp³-hybridized carbons (Fsp3) is 0.846. The Morgan fingerprint density at radius 3 is 2.28 bits per heavy atom. The van der Waals surface area contributed by atoms with Crippen molar-refractivity contribution in [3.63, 3.8) is 0 Å². The van der Waals surface area contributed by atoms with Gasteiger partial charge in [0.05, 0.1) is 0 Å². The van der Waals surface area contributed by atoms with E-state index in [-0.39, 0.29) is 18.0 Å². The molecule has 0 aliphatic carbocycles. The summed E-state index contributed by atoms with van der Waals surface area (Å²) < 4.78 is 0. The number of rotatable bonds is 5. The highest BCUT2D eigenvalue weighted by Gasteiger charge is 2.51. The molecule has 0 aromatic heterocycles. The molecule has 5 heteroatoms. The standard InChI is InChI=1S/C13H25N3O2/c1-7-10(2)16-11(17)13(3,4)15(12(16)18)9-8-14(5)6/h10H,7-9H2,1-6H3. The van der Waals surface area contributed by atoms with Gasteiger partial charge in [0.25, 0.3) is 5.91 Å². The fourth-order valence-electron chi connectivity index (χ4n) is 2.11. The Kier molecular flexibility index (Phi) is 4.37. The van der Waals surface area contributed by atoms with E-state index in [1.165, 1.54) is 4.90 Å². The summed E-state index contributed by atoms with van der Waals surface area (Å²) in [4.78, 5) is 29.8. The largest absolute Gasteiger partial charge is 0.327 e. The van der Waals surface area contributed by atoms with Gasteiger partial charge < -0.3 is 9.80 Å². The molecular formula is C13H25N3O2. The number of nitrogens with zero attached hydrogens (tertiary/aromatic N) is 3. The number of likely N-dealkylation sites (N-methyl/N-ethyl adjacent to an activating group) is 1. The molecule has 5 nitrogen and oxygen atoms in total. The first-order valence-corrected chi connectivity index (χ1v) is 6.53. The van der Waals surface area contributed by atoms with Crippen LogP contribution in [0.1, 0.15) is 34.1 Å². The number of hydrogen-bond donors (Lipinski definition) is 0. The summed E-state index contributed by atoms with van der Waals surface area (Å²) in [5.74, 6) is -0.0828. The van der Waals surface area contributed by atoms with E-state index in [2.05, 4.69) is 0 Å². The molecular weight excluding hydrogens is 230 g/mol. The summed E-state index contributed by atoms with van der Waals surface area (Å²) in [6.07, 6.45) is 0.787. The lowest BCUT2D eigenvalue weighted by molar-refractivity contribution is -0.133. The van der Waals surface area contributed by atoms with Gasteiger partial charge in [-0.2, -0.15) is 0 Å². The maximum absolute atomic E-state index is 12.4. The topological polar surface area (TPSA) is 43.9 Å². The summed E-state index contributed by atoms with van der Waals surface area (Å²) >= 11 is 0. The number of amides is 3. The zero-order chi connectivity index (χ0) is 14.1. The van der Waals surface area contributed by atoms with Gasteiger partial charge in [0.2, 0.25) is 0 Å². The Bertz CT molecular complexity index is 339. The van der Waals surface area contributed by atoms with Crippen molar-refractivity contribution in [1.82, 2.24) is 14.7 Å². The van der Waals surface area contributed by atoms with Crippen molar-refractivity contribution >= 4 is 11.9 Å². The van der Waals surface area contributed by atoms with Crippen molar-refractivity contribution in [1.29, 1.82) is 0 Å². The lowest BCUT2D eigenvalue weighted by atomic mass is 10.0. The maximum Gasteiger partial charge on any atom is 0.327 e. The third-order valence-corrected chi connectivity index (χ3v) is 3.66. The zero-order valence-electron chi connectivity index (χ0n) is 12.4. The van der Waals surface area contributed by atoms with Gasteiger partial charge in [-0.3, -0.25) is 9.69 Å². The molecule has 0 aromatic rings. The van der Waals surface area contributed by atoms with Crippen molar-refractivity contribution in [2.24, 2.45) is 0 Å². The molecule has 1 rings (SSSR count). The summed E-state index contributed by atoms with van der Waals surface area (Å²) in [6.45, 7) is 8.90. The number of hydrogen-bond acceptors (Lipinski definition) is 3. The van der Waals surface area contributed by atoms with Crippen LogP contribution in [0.2, 0.25) is 0 Å². The van der Waals surface area contributed by atoms with Gasteiger partial charge in [0.15, 0.2) is 0 Å². The molecule has 0 saturated carbocycles. The van der Waals surface area contributed by atoms with Crippen LogP contribution < -0.4 is 0 Å². The van der Waals surface area contributed by atoms with Crippen molar-refractivity contribution < 1.29 is 9.59 Å². The van der Waals surface area contributed by atoms with Crippen LogP contribution in [-0.2, 0) is 4.79 Å². The van der Waals surface area contributed by atoms with E-state index in [9.17, 15) is 9.59 Å². The molecule has 0 spiro atoms. The van der Waals surface area contributed by atoms with E-state index in [0.717, 1.165) is 13.0 Å². The first kappa shape index (κ1) is 15.0. The maximum atomic E-state index is 12.4. The Labute approximate surface area is 110 Å². The SMILES string of the molecule is CCC(C)N1C(=O)N(CCN(C)C)C(C)(C)C1=O. The molecule has 0 bridgehead atoms. The highest BCUT2D eigenvalue weighted by atomic mass is 16.2. The van der Waals surface area contributed by atoms with Crippen LogP contribution in [0.15, 0.2) is 0 Å². The minimum Gasteiger partial charge on any atom is -0.309 e. The predicted molar refractivity (Wildman–Crippen MR) is 71.3 cm³/mol. The normalized spacial score (nSPS) is 21.1. The predicted octanol–water partition coefficient (Wildman–Crippen LogP) is 1.39. The molecule has 1 heterocycles. The second-order valence-corrected chi connectivity index (χ2v) is 5.73. The van der Waals surface area contributed by atoms with Crippen molar-refractivity contribution in [2.45, 2.75) is 45.7 Å². The first-order chi connectivity index (χ1) is 8.23. The van der Waals surface area contributed by atoms with E-state index in [4.69, 9.17) is 0 Å². The third kappa shape index (κ3) is 2.51. The molecule has 1 saturated heterocycles. The highest BCUT2D eigenvalue weighted by Crippen LogP contribution is 2.29. The van der Waals surface area contributed by atoms with Gasteiger partial charge in [-0.1, -0.05) is 6.92 Å². The summed E-state index contributed by atoms with van der Waals surface area (Å²) in [6, 6.07) is -0.185. The van der Waals surface area contributed by atoms with Crippen LogP contribution in [0.4, 0.5) is 4.79 Å². The number of carbonyl (C=O) groups excluding carboxylic acids is 2. The molecule has 1 aliphatic rings. The number of carbonyl (C=O) groups is 2. The van der Waals surface area contributed by atoms with Gasteiger partial charge in [0, 0.05) is 19.1 Å². The van der Waals surface area contributed by atoms with Gasteiger partial charge in [0.1, 0.15) is 5.54 Å². The molecule has 0 aromatic carbocycles. The molecule has 1 aliphatic heterocycles. The monoisotopic (exact) mass is 255 g/mol. The van der Waals surface area contributed by atoms with Crippen LogP contribution in [0.25, 0.3) is 0 Å². The van der Waals surface area contributed by atoms with Crippen LogP contribution >= 0.6 is 0 Å². The van der Waals surface area contributed by atoms with Crippen molar-refractivity contribution in [2.75, 3.05) is 27.2 Å². The molecule has 18 heavy (non-hydrogen) atoms. The van der Waals surface area contributed by atoms with E-state index in [1.807, 2.05) is 46.7 Å². The molecule has 0 radical (unpaired) electrons. The number of urea groups is 1. The minimum atomic E-state index is -0.726. The minimum absolute atomic E-state index is 0.0337. The molecule has 1 fully saturated rings. The average molecular weight is 255 g/mol. The van der Waals surface area contributed by atoms with Crippen molar-refractivity contribution in [3.8, 4) is 0 Å². The Hall–Kier alpha value is -1.10. The number of imide groups is 1. The van der Waals surface area contributed by atoms with Crippen LogP contribution in [-0.4, -0.2) is 65.4 Å². The van der Waals surface area contributed by atoms with Gasteiger partial charge in [-0.25, -0.2) is 4.79 Å². The van der Waals surface area contributed by atoms with Crippen LogP contribution in [0.3, 0.4) is 0 Å². The van der Waals surface area contributed by atoms with E-state index >= 15 is 0 Å². The highest BCUT2D eigenvalue weighted by molar-refractivity contribution is 6.06. The fourth-order valence-corrected chi connectivity index (χ4v) is 2.11. The average Bonchev–Trinajstić information content (AvgIpc) is 2.43. The second kappa shape index (κ2) is 5.26. The Morgan fingerprint density at radius 2 is 1.83 bits per heavy atom. The first-order valence-electron chi connectivity index (χ1n) is 6.53. The summed E-state index contributed by atoms with van der Waals surface area (Å²) in [5, 5.41) is 0. The quantitative estimate of drug-likeness (QED) is 0.697. The Balaban J connectivity index is 2.92. The second-order valence-electron chi connectivity index (χ2n) is 5.73. The summed E-state index contributed by atoms with van der Waals surface area (Å²) in [7, 11) is 3.92. The Morgan fingerprint density at radius 1 is 1.28 bits per heavy atom. The summed E-state index contributed by atoms with van der Waals surface area (Å²) in [5.41, 5.74) is -0.726. The lowest BCUT2D eigenvalue weighted by Gasteiger charge is -2.28. The lowest BCUT2D eigenvalue weighted by Crippen LogP contribution is -2.46. The van der Waals surface area contributed by atoms with E-state index < -0.39 is 5.54 Å². The van der Waals surface area contributed by atoms with Crippen molar-refractivity contribution in [3.05, 3.63) is 0 Å². The molecule has 3 amide bonds. The third-order valence-electron chi connectivity index (χ3n) is 3.66. The van der Waals surface area contributed by atoms with Crippen LogP contribution in [0.5, 0.6) is 0 Å². The van der Waals surface area contributed by atoms with E-state index in [1.54, 1.807) is 4.90 Å². The molecule has 1 atom stereocenters. The van der Waals surface area contributed by atoms with Gasteiger partial charge >= 0.3 is 6.03 Å². The zero-order valence-corrected chi connectivity index (χ0v) is 12.4. The van der Waals surface area contributed by atoms with Gasteiger partial charge in [-0.05, 0) is 41.3 Å². The molecule has 0 N–H and O–H groups in total.